The fourth-order valence-corrected chi connectivity index (χ4v) is 2.98. The van der Waals surface area contributed by atoms with E-state index in [0.29, 0.717) is 19.8 Å². The van der Waals surface area contributed by atoms with Crippen LogP contribution in [0.15, 0.2) is 41.5 Å². The van der Waals surface area contributed by atoms with Crippen LogP contribution in [0.3, 0.4) is 0 Å². The van der Waals surface area contributed by atoms with E-state index in [9.17, 15) is 0 Å². The first kappa shape index (κ1) is 18.9. The lowest BCUT2D eigenvalue weighted by molar-refractivity contribution is 0.286. The van der Waals surface area contributed by atoms with Gasteiger partial charge in [0.1, 0.15) is 0 Å². The summed E-state index contributed by atoms with van der Waals surface area (Å²) in [6, 6.07) is 11.6. The van der Waals surface area contributed by atoms with Gasteiger partial charge < -0.3 is 14.9 Å². The molecule has 128 valence electrons. The molecule has 4 nitrogen and oxygen atoms in total. The highest BCUT2D eigenvalue weighted by Crippen LogP contribution is 2.33. The average Bonchev–Trinajstić information content (AvgIpc) is 2.57. The van der Waals surface area contributed by atoms with Gasteiger partial charge in [-0.25, -0.2) is 0 Å². The Bertz CT molecular complexity index is 690. The topological polar surface area (TPSA) is 42.8 Å². The fourth-order valence-electron chi connectivity index (χ4n) is 2.07. The zero-order valence-electron chi connectivity index (χ0n) is 13.7. The van der Waals surface area contributed by atoms with Crippen LogP contribution in [0.2, 0.25) is 5.02 Å². The Morgan fingerprint density at radius 1 is 1.12 bits per heavy atom. The molecule has 0 heterocycles. The predicted octanol–water partition coefficient (Wildman–Crippen LogP) is 4.87. The molecule has 1 N–H and O–H groups in total. The normalized spacial score (nSPS) is 10.8. The molecular formula is C18H20ClIN2O2. The molecule has 0 atom stereocenters. The summed E-state index contributed by atoms with van der Waals surface area (Å²) in [5.41, 5.74) is 5.10. The zero-order valence-corrected chi connectivity index (χ0v) is 16.6. The first-order chi connectivity index (χ1) is 11.6. The number of benzene rings is 2. The first-order valence-corrected chi connectivity index (χ1v) is 9.19. The summed E-state index contributed by atoms with van der Waals surface area (Å²) in [5.74, 6) is 1.52. The molecule has 2 rings (SSSR count). The van der Waals surface area contributed by atoms with Crippen molar-refractivity contribution >= 4 is 40.4 Å². The van der Waals surface area contributed by atoms with E-state index in [4.69, 9.17) is 21.1 Å². The van der Waals surface area contributed by atoms with E-state index in [1.165, 1.54) is 0 Å². The number of rotatable bonds is 8. The maximum Gasteiger partial charge on any atom is 0.174 e. The van der Waals surface area contributed by atoms with Gasteiger partial charge in [0.25, 0.3) is 0 Å². The van der Waals surface area contributed by atoms with Gasteiger partial charge in [0.2, 0.25) is 0 Å². The van der Waals surface area contributed by atoms with Crippen molar-refractivity contribution in [3.63, 3.8) is 0 Å². The van der Waals surface area contributed by atoms with Gasteiger partial charge >= 0.3 is 0 Å². The van der Waals surface area contributed by atoms with Gasteiger partial charge in [0, 0.05) is 5.02 Å². The van der Waals surface area contributed by atoms with E-state index in [0.717, 1.165) is 31.2 Å². The molecule has 0 spiro atoms. The Hall–Kier alpha value is -1.47. The second-order valence-electron chi connectivity index (χ2n) is 4.92. The Labute approximate surface area is 161 Å². The second kappa shape index (κ2) is 9.74. The van der Waals surface area contributed by atoms with Crippen LogP contribution in [-0.4, -0.2) is 19.4 Å². The van der Waals surface area contributed by atoms with Crippen molar-refractivity contribution in [1.82, 2.24) is 5.43 Å². The van der Waals surface area contributed by atoms with Crippen LogP contribution in [0.5, 0.6) is 11.5 Å². The molecule has 24 heavy (non-hydrogen) atoms. The number of ether oxygens (including phenoxy) is 2. The third-order valence-corrected chi connectivity index (χ3v) is 4.17. The summed E-state index contributed by atoms with van der Waals surface area (Å²) in [6.45, 7) is 5.75. The predicted molar refractivity (Wildman–Crippen MR) is 107 cm³/mol. The second-order valence-corrected chi connectivity index (χ2v) is 6.51. The largest absolute Gasteiger partial charge is 0.490 e. The van der Waals surface area contributed by atoms with E-state index < -0.39 is 0 Å². The van der Waals surface area contributed by atoms with Crippen LogP contribution >= 0.6 is 34.2 Å². The highest BCUT2D eigenvalue weighted by atomic mass is 127. The van der Waals surface area contributed by atoms with Crippen LogP contribution in [0.4, 0.5) is 0 Å². The van der Waals surface area contributed by atoms with Crippen molar-refractivity contribution in [3.8, 4) is 11.5 Å². The number of halogens is 2. The lowest BCUT2D eigenvalue weighted by atomic mass is 10.2. The van der Waals surface area contributed by atoms with Crippen molar-refractivity contribution in [2.75, 3.05) is 13.2 Å². The van der Waals surface area contributed by atoms with E-state index >= 15 is 0 Å². The molecule has 0 saturated carbocycles. The minimum absolute atomic E-state index is 0.589. The van der Waals surface area contributed by atoms with Crippen LogP contribution in [0.25, 0.3) is 0 Å². The van der Waals surface area contributed by atoms with Gasteiger partial charge in [0.15, 0.2) is 11.5 Å². The van der Waals surface area contributed by atoms with E-state index in [2.05, 4.69) is 33.1 Å². The third-order valence-electron chi connectivity index (χ3n) is 3.12. The molecule has 0 aliphatic rings. The Kier molecular flexibility index (Phi) is 7.65. The summed E-state index contributed by atoms with van der Waals surface area (Å²) in [6.07, 6.45) is 1.77. The standard InChI is InChI=1S/C18H20ClIN2O2/c1-3-23-17-10-14(9-16(20)18(17)24-4-2)12-22-21-11-13-5-7-15(19)8-6-13/h5-10,12,21H,3-4,11H2,1-2H3/b22-12-. The minimum Gasteiger partial charge on any atom is -0.490 e. The Morgan fingerprint density at radius 2 is 1.83 bits per heavy atom. The molecule has 0 aliphatic heterocycles. The SMILES string of the molecule is CCOc1cc(/C=N\NCc2ccc(Cl)cc2)cc(I)c1OCC. The molecule has 0 saturated heterocycles. The summed E-state index contributed by atoms with van der Waals surface area (Å²) in [7, 11) is 0. The molecule has 2 aromatic carbocycles. The van der Waals surface area contributed by atoms with E-state index in [-0.39, 0.29) is 0 Å². The molecule has 6 heteroatoms. The fraction of sp³-hybridized carbons (Fsp3) is 0.278. The van der Waals surface area contributed by atoms with Gasteiger partial charge in [-0.3, -0.25) is 0 Å². The molecule has 0 unspecified atom stereocenters. The van der Waals surface area contributed by atoms with Crippen molar-refractivity contribution in [1.29, 1.82) is 0 Å². The third kappa shape index (κ3) is 5.56. The Morgan fingerprint density at radius 3 is 2.50 bits per heavy atom. The number of hydrogen-bond donors (Lipinski definition) is 1. The van der Waals surface area contributed by atoms with Gasteiger partial charge in [-0.2, -0.15) is 5.10 Å². The Balaban J connectivity index is 2.04. The monoisotopic (exact) mass is 458 g/mol. The molecule has 0 amide bonds. The average molecular weight is 459 g/mol. The summed E-state index contributed by atoms with van der Waals surface area (Å²) in [5, 5.41) is 5.00. The quantitative estimate of drug-likeness (QED) is 0.349. The molecule has 2 aromatic rings. The number of hydrogen-bond acceptors (Lipinski definition) is 4. The van der Waals surface area contributed by atoms with Gasteiger partial charge in [-0.1, -0.05) is 23.7 Å². The first-order valence-electron chi connectivity index (χ1n) is 7.73. The van der Waals surface area contributed by atoms with Crippen LogP contribution in [0, 0.1) is 3.57 Å². The smallest absolute Gasteiger partial charge is 0.174 e. The van der Waals surface area contributed by atoms with E-state index in [1.54, 1.807) is 6.21 Å². The summed E-state index contributed by atoms with van der Waals surface area (Å²) in [4.78, 5) is 0. The minimum atomic E-state index is 0.589. The van der Waals surface area contributed by atoms with Crippen molar-refractivity contribution in [2.24, 2.45) is 5.10 Å². The number of nitrogens with one attached hydrogen (secondary N) is 1. The van der Waals surface area contributed by atoms with Crippen molar-refractivity contribution in [2.45, 2.75) is 20.4 Å². The molecule has 0 radical (unpaired) electrons. The van der Waals surface area contributed by atoms with Crippen molar-refractivity contribution < 1.29 is 9.47 Å². The number of hydrazone groups is 1. The molecule has 0 bridgehead atoms. The lowest BCUT2D eigenvalue weighted by Crippen LogP contribution is -2.06. The summed E-state index contributed by atoms with van der Waals surface area (Å²) >= 11 is 8.12. The van der Waals surface area contributed by atoms with Crippen LogP contribution in [-0.2, 0) is 6.54 Å². The lowest BCUT2D eigenvalue weighted by Gasteiger charge is -2.13. The number of nitrogens with zero attached hydrogens (tertiary/aromatic N) is 1. The van der Waals surface area contributed by atoms with Gasteiger partial charge in [-0.05, 0) is 71.8 Å². The molecular weight excluding hydrogens is 439 g/mol. The maximum absolute atomic E-state index is 5.87. The maximum atomic E-state index is 5.87. The van der Waals surface area contributed by atoms with Crippen LogP contribution < -0.4 is 14.9 Å². The highest BCUT2D eigenvalue weighted by Gasteiger charge is 2.11. The molecule has 0 fully saturated rings. The molecule has 0 aliphatic carbocycles. The van der Waals surface area contributed by atoms with Crippen LogP contribution in [0.1, 0.15) is 25.0 Å². The zero-order chi connectivity index (χ0) is 17.4. The molecule has 0 aromatic heterocycles. The summed E-state index contributed by atoms with van der Waals surface area (Å²) < 4.78 is 12.3. The highest BCUT2D eigenvalue weighted by molar-refractivity contribution is 14.1. The van der Waals surface area contributed by atoms with Gasteiger partial charge in [0.05, 0.1) is 29.5 Å². The van der Waals surface area contributed by atoms with Crippen molar-refractivity contribution in [3.05, 3.63) is 56.1 Å². The van der Waals surface area contributed by atoms with E-state index in [1.807, 2.05) is 50.2 Å². The van der Waals surface area contributed by atoms with Gasteiger partial charge in [-0.15, -0.1) is 0 Å².